The van der Waals surface area contributed by atoms with E-state index in [4.69, 9.17) is 4.42 Å². The van der Waals surface area contributed by atoms with E-state index in [1.165, 1.54) is 6.08 Å². The molecule has 0 amide bonds. The number of benzene rings is 1. The average molecular weight is 187 g/mol. The van der Waals surface area contributed by atoms with Gasteiger partial charge in [0.05, 0.1) is 0 Å². The van der Waals surface area contributed by atoms with Crippen LogP contribution in [0.25, 0.3) is 17.2 Å². The molecule has 1 aromatic carbocycles. The van der Waals surface area contributed by atoms with Gasteiger partial charge in [0.2, 0.25) is 0 Å². The number of oxazole rings is 1. The normalized spacial score (nSPS) is 11.2. The second-order valence-corrected chi connectivity index (χ2v) is 2.96. The highest BCUT2D eigenvalue weighted by molar-refractivity contribution is 5.79. The lowest BCUT2D eigenvalue weighted by molar-refractivity contribution is -0.104. The third-order valence-corrected chi connectivity index (χ3v) is 1.89. The van der Waals surface area contributed by atoms with Crippen molar-refractivity contribution in [1.29, 1.82) is 0 Å². The Kier molecular flexibility index (Phi) is 2.14. The summed E-state index contributed by atoms with van der Waals surface area (Å²) in [6.45, 7) is 1.81. The van der Waals surface area contributed by atoms with Gasteiger partial charge in [-0.15, -0.1) is 0 Å². The van der Waals surface area contributed by atoms with Gasteiger partial charge in [-0.3, -0.25) is 4.79 Å². The topological polar surface area (TPSA) is 43.1 Å². The Morgan fingerprint density at radius 1 is 1.43 bits per heavy atom. The highest BCUT2D eigenvalue weighted by Gasteiger charge is 2.00. The summed E-state index contributed by atoms with van der Waals surface area (Å²) in [7, 11) is 0. The van der Waals surface area contributed by atoms with Crippen LogP contribution in [-0.2, 0) is 4.79 Å². The van der Waals surface area contributed by atoms with Crippen molar-refractivity contribution in [2.75, 3.05) is 0 Å². The molecule has 3 heteroatoms. The quantitative estimate of drug-likeness (QED) is 0.535. The third-order valence-electron chi connectivity index (χ3n) is 1.89. The Labute approximate surface area is 81.1 Å². The van der Waals surface area contributed by atoms with Crippen molar-refractivity contribution in [2.24, 2.45) is 0 Å². The lowest BCUT2D eigenvalue weighted by Crippen LogP contribution is -1.73. The van der Waals surface area contributed by atoms with Crippen LogP contribution >= 0.6 is 0 Å². The van der Waals surface area contributed by atoms with Gasteiger partial charge in [0.25, 0.3) is 0 Å². The number of nitrogens with zero attached hydrogens (tertiary/aromatic N) is 1. The summed E-state index contributed by atoms with van der Waals surface area (Å²) in [6, 6.07) is 5.61. The van der Waals surface area contributed by atoms with Crippen molar-refractivity contribution in [3.05, 3.63) is 35.7 Å². The Bertz CT molecular complexity index is 497. The van der Waals surface area contributed by atoms with Gasteiger partial charge in [-0.1, -0.05) is 12.1 Å². The molecule has 70 valence electrons. The zero-order valence-corrected chi connectivity index (χ0v) is 7.73. The van der Waals surface area contributed by atoms with E-state index in [1.54, 1.807) is 13.0 Å². The minimum Gasteiger partial charge on any atom is -0.441 e. The maximum Gasteiger partial charge on any atom is 0.192 e. The van der Waals surface area contributed by atoms with Crippen molar-refractivity contribution in [1.82, 2.24) is 4.98 Å². The maximum atomic E-state index is 10.1. The summed E-state index contributed by atoms with van der Waals surface area (Å²) in [6.07, 6.45) is 3.93. The van der Waals surface area contributed by atoms with Crippen LogP contribution in [0.15, 0.2) is 28.7 Å². The fourth-order valence-electron chi connectivity index (χ4n) is 1.31. The van der Waals surface area contributed by atoms with E-state index in [1.807, 2.05) is 18.2 Å². The van der Waals surface area contributed by atoms with E-state index in [0.717, 1.165) is 22.9 Å². The predicted octanol–water partition coefficient (Wildman–Crippen LogP) is 2.35. The lowest BCUT2D eigenvalue weighted by Gasteiger charge is -1.90. The van der Waals surface area contributed by atoms with E-state index in [9.17, 15) is 4.79 Å². The standard InChI is InChI=1S/C11H9NO2/c1-8-12-10-7-9(3-2-6-13)4-5-11(10)14-8/h2-7H,1H3. The van der Waals surface area contributed by atoms with Crippen LogP contribution in [0, 0.1) is 6.92 Å². The molecular formula is C11H9NO2. The number of carbonyl (C=O) groups is 1. The molecule has 0 atom stereocenters. The molecule has 2 rings (SSSR count). The van der Waals surface area contributed by atoms with E-state index < -0.39 is 0 Å². The largest absolute Gasteiger partial charge is 0.441 e. The Balaban J connectivity index is 2.50. The molecule has 0 N–H and O–H groups in total. The molecule has 1 aromatic heterocycles. The predicted molar refractivity (Wildman–Crippen MR) is 53.8 cm³/mol. The Morgan fingerprint density at radius 2 is 2.29 bits per heavy atom. The van der Waals surface area contributed by atoms with E-state index >= 15 is 0 Å². The zero-order valence-electron chi connectivity index (χ0n) is 7.73. The molecular weight excluding hydrogens is 178 g/mol. The summed E-state index contributed by atoms with van der Waals surface area (Å²) in [5, 5.41) is 0. The number of allylic oxidation sites excluding steroid dienone is 1. The number of carbonyl (C=O) groups excluding carboxylic acids is 1. The van der Waals surface area contributed by atoms with Crippen LogP contribution in [0.4, 0.5) is 0 Å². The van der Waals surface area contributed by atoms with E-state index in [-0.39, 0.29) is 0 Å². The SMILES string of the molecule is Cc1nc2cc(C=CC=O)ccc2o1. The first-order chi connectivity index (χ1) is 6.79. The van der Waals surface area contributed by atoms with Crippen molar-refractivity contribution in [3.63, 3.8) is 0 Å². The maximum absolute atomic E-state index is 10.1. The molecule has 0 radical (unpaired) electrons. The van der Waals surface area contributed by atoms with Crippen molar-refractivity contribution >= 4 is 23.5 Å². The van der Waals surface area contributed by atoms with Crippen LogP contribution in [-0.4, -0.2) is 11.3 Å². The molecule has 0 unspecified atom stereocenters. The average Bonchev–Trinajstić information content (AvgIpc) is 2.54. The van der Waals surface area contributed by atoms with Crippen LogP contribution < -0.4 is 0 Å². The number of aldehydes is 1. The van der Waals surface area contributed by atoms with Gasteiger partial charge < -0.3 is 4.42 Å². The smallest absolute Gasteiger partial charge is 0.192 e. The van der Waals surface area contributed by atoms with Gasteiger partial charge in [0.1, 0.15) is 11.8 Å². The number of fused-ring (bicyclic) bond motifs is 1. The molecule has 0 spiro atoms. The zero-order chi connectivity index (χ0) is 9.97. The fraction of sp³-hybridized carbons (Fsp3) is 0.0909. The highest BCUT2D eigenvalue weighted by Crippen LogP contribution is 2.17. The van der Waals surface area contributed by atoms with E-state index in [2.05, 4.69) is 4.98 Å². The van der Waals surface area contributed by atoms with Gasteiger partial charge >= 0.3 is 0 Å². The minimum absolute atomic E-state index is 0.650. The Morgan fingerprint density at radius 3 is 3.07 bits per heavy atom. The molecule has 0 bridgehead atoms. The molecule has 1 heterocycles. The van der Waals surface area contributed by atoms with Crippen LogP contribution in [0.3, 0.4) is 0 Å². The van der Waals surface area contributed by atoms with Gasteiger partial charge in [0.15, 0.2) is 11.5 Å². The highest BCUT2D eigenvalue weighted by atomic mass is 16.3. The summed E-state index contributed by atoms with van der Waals surface area (Å²) in [5.41, 5.74) is 2.53. The van der Waals surface area contributed by atoms with Gasteiger partial charge in [-0.2, -0.15) is 0 Å². The minimum atomic E-state index is 0.650. The van der Waals surface area contributed by atoms with Gasteiger partial charge in [-0.05, 0) is 23.8 Å². The monoisotopic (exact) mass is 187 g/mol. The number of rotatable bonds is 2. The van der Waals surface area contributed by atoms with E-state index in [0.29, 0.717) is 5.89 Å². The number of hydrogen-bond acceptors (Lipinski definition) is 3. The third kappa shape index (κ3) is 1.57. The van der Waals surface area contributed by atoms with Crippen molar-refractivity contribution < 1.29 is 9.21 Å². The molecule has 0 fully saturated rings. The first-order valence-corrected chi connectivity index (χ1v) is 4.28. The van der Waals surface area contributed by atoms with Crippen LogP contribution in [0.5, 0.6) is 0 Å². The molecule has 2 aromatic rings. The van der Waals surface area contributed by atoms with Crippen molar-refractivity contribution in [3.8, 4) is 0 Å². The molecule has 0 aliphatic carbocycles. The summed E-state index contributed by atoms with van der Waals surface area (Å²) in [5.74, 6) is 0.650. The number of hydrogen-bond donors (Lipinski definition) is 0. The molecule has 0 aliphatic heterocycles. The fourth-order valence-corrected chi connectivity index (χ4v) is 1.31. The molecule has 0 saturated carbocycles. The van der Waals surface area contributed by atoms with Gasteiger partial charge in [0, 0.05) is 6.92 Å². The summed E-state index contributed by atoms with van der Waals surface area (Å²) < 4.78 is 5.32. The second-order valence-electron chi connectivity index (χ2n) is 2.96. The first kappa shape index (κ1) is 8.69. The molecule has 3 nitrogen and oxygen atoms in total. The summed E-state index contributed by atoms with van der Waals surface area (Å²) >= 11 is 0. The number of aromatic nitrogens is 1. The second kappa shape index (κ2) is 3.46. The van der Waals surface area contributed by atoms with Crippen molar-refractivity contribution in [2.45, 2.75) is 6.92 Å². The number of aryl methyl sites for hydroxylation is 1. The molecule has 0 saturated heterocycles. The molecule has 14 heavy (non-hydrogen) atoms. The van der Waals surface area contributed by atoms with Gasteiger partial charge in [-0.25, -0.2) is 4.98 Å². The lowest BCUT2D eigenvalue weighted by atomic mass is 10.2. The Hall–Kier alpha value is -1.90. The summed E-state index contributed by atoms with van der Waals surface area (Å²) in [4.78, 5) is 14.3. The first-order valence-electron chi connectivity index (χ1n) is 4.28. The van der Waals surface area contributed by atoms with Crippen LogP contribution in [0.2, 0.25) is 0 Å². The van der Waals surface area contributed by atoms with Crippen LogP contribution in [0.1, 0.15) is 11.5 Å². The molecule has 0 aliphatic rings.